The van der Waals surface area contributed by atoms with Crippen LogP contribution in [0.2, 0.25) is 0 Å². The van der Waals surface area contributed by atoms with Crippen molar-refractivity contribution in [1.29, 1.82) is 0 Å². The highest BCUT2D eigenvalue weighted by molar-refractivity contribution is 6.16. The minimum Gasteiger partial charge on any atom is -0.367 e. The number of pyridine rings is 2. The first-order valence-corrected chi connectivity index (χ1v) is 10.8. The van der Waals surface area contributed by atoms with E-state index in [1.54, 1.807) is 6.20 Å². The van der Waals surface area contributed by atoms with Gasteiger partial charge in [-0.1, -0.05) is 0 Å². The summed E-state index contributed by atoms with van der Waals surface area (Å²) in [5.41, 5.74) is 1.68. The Hall–Kier alpha value is -4.93. The Morgan fingerprint density at radius 1 is 1.03 bits per heavy atom. The summed E-state index contributed by atoms with van der Waals surface area (Å²) in [4.78, 5) is 43.6. The van der Waals surface area contributed by atoms with Crippen LogP contribution in [-0.4, -0.2) is 35.3 Å². The highest BCUT2D eigenvalue weighted by atomic mass is 19.1. The van der Waals surface area contributed by atoms with E-state index in [-0.39, 0.29) is 23.0 Å². The first-order valence-electron chi connectivity index (χ1n) is 10.8. The van der Waals surface area contributed by atoms with Gasteiger partial charge in [0.05, 0.1) is 17.6 Å². The standard InChI is InChI=1S/C25H15F3N6O2/c26-14-6-17(27)21(18(28)7-14)23(35)16-10-30-22-15(16)2-4-34(25(22)36)11-20-32-19-5-13(9-31-24(19)33-20)12-1-3-29-8-12/h1-10,29-30H,11H2,(H,31,32,33). The molecule has 0 aliphatic rings. The molecule has 0 aliphatic heterocycles. The number of fused-ring (bicyclic) bond motifs is 2. The monoisotopic (exact) mass is 488 g/mol. The van der Waals surface area contributed by atoms with Crippen molar-refractivity contribution in [3.63, 3.8) is 0 Å². The number of nitrogens with one attached hydrogen (secondary N) is 3. The molecule has 5 aromatic heterocycles. The SMILES string of the molecule is O=C(c1c(F)cc(F)cc1F)c1c[nH]c2c(=O)n(Cc3nc4ncc(-c5cc[nH]c5)cc4[nH]3)ccc12. The predicted molar refractivity (Wildman–Crippen MR) is 125 cm³/mol. The van der Waals surface area contributed by atoms with E-state index in [1.165, 1.54) is 23.0 Å². The predicted octanol–water partition coefficient (Wildman–Crippen LogP) is 4.29. The molecule has 0 unspecified atom stereocenters. The zero-order chi connectivity index (χ0) is 25.0. The summed E-state index contributed by atoms with van der Waals surface area (Å²) < 4.78 is 42.9. The van der Waals surface area contributed by atoms with Crippen molar-refractivity contribution in [3.8, 4) is 11.1 Å². The second-order valence-corrected chi connectivity index (χ2v) is 8.19. The van der Waals surface area contributed by atoms with E-state index in [2.05, 4.69) is 24.9 Å². The largest absolute Gasteiger partial charge is 0.367 e. The van der Waals surface area contributed by atoms with E-state index in [1.807, 2.05) is 24.5 Å². The van der Waals surface area contributed by atoms with E-state index < -0.39 is 34.4 Å². The van der Waals surface area contributed by atoms with Gasteiger partial charge in [-0.2, -0.15) is 0 Å². The molecule has 0 amide bonds. The molecule has 1 aromatic carbocycles. The van der Waals surface area contributed by atoms with Crippen molar-refractivity contribution >= 4 is 27.9 Å². The first-order chi connectivity index (χ1) is 17.4. The van der Waals surface area contributed by atoms with Crippen LogP contribution in [0.1, 0.15) is 21.7 Å². The second-order valence-electron chi connectivity index (χ2n) is 8.19. The molecule has 36 heavy (non-hydrogen) atoms. The summed E-state index contributed by atoms with van der Waals surface area (Å²) in [5.74, 6) is -4.29. The Morgan fingerprint density at radius 3 is 2.58 bits per heavy atom. The normalized spacial score (nSPS) is 11.5. The van der Waals surface area contributed by atoms with Crippen molar-refractivity contribution in [2.75, 3.05) is 0 Å². The molecule has 5 heterocycles. The Morgan fingerprint density at radius 2 is 1.83 bits per heavy atom. The van der Waals surface area contributed by atoms with Gasteiger partial charge in [-0.05, 0) is 18.2 Å². The van der Waals surface area contributed by atoms with Crippen LogP contribution in [0.4, 0.5) is 13.2 Å². The third kappa shape index (κ3) is 3.49. The van der Waals surface area contributed by atoms with Crippen molar-refractivity contribution in [3.05, 3.63) is 106 Å². The number of benzene rings is 1. The van der Waals surface area contributed by atoms with E-state index in [0.29, 0.717) is 29.1 Å². The van der Waals surface area contributed by atoms with Crippen LogP contribution in [0, 0.1) is 17.5 Å². The van der Waals surface area contributed by atoms with Gasteiger partial charge in [0, 0.05) is 65.2 Å². The molecule has 178 valence electrons. The topological polar surface area (TPSA) is 112 Å². The number of hydrogen-bond donors (Lipinski definition) is 3. The van der Waals surface area contributed by atoms with Gasteiger partial charge in [-0.3, -0.25) is 9.59 Å². The molecule has 0 saturated carbocycles. The third-order valence-corrected chi connectivity index (χ3v) is 5.93. The number of rotatable bonds is 5. The summed E-state index contributed by atoms with van der Waals surface area (Å²) in [6.07, 6.45) is 8.03. The molecule has 0 bridgehead atoms. The molecule has 0 fully saturated rings. The average Bonchev–Trinajstić information content (AvgIpc) is 3.59. The fourth-order valence-electron chi connectivity index (χ4n) is 4.21. The number of nitrogens with zero attached hydrogens (tertiary/aromatic N) is 3. The summed E-state index contributed by atoms with van der Waals surface area (Å²) in [6.45, 7) is 0.0914. The smallest absolute Gasteiger partial charge is 0.275 e. The van der Waals surface area contributed by atoms with Crippen molar-refractivity contribution in [2.24, 2.45) is 0 Å². The van der Waals surface area contributed by atoms with Gasteiger partial charge in [0.15, 0.2) is 5.65 Å². The van der Waals surface area contributed by atoms with Crippen LogP contribution in [-0.2, 0) is 6.54 Å². The summed E-state index contributed by atoms with van der Waals surface area (Å²) in [5, 5.41) is 0.187. The molecule has 0 atom stereocenters. The van der Waals surface area contributed by atoms with E-state index in [4.69, 9.17) is 0 Å². The summed E-state index contributed by atoms with van der Waals surface area (Å²) >= 11 is 0. The molecule has 6 aromatic rings. The zero-order valence-corrected chi connectivity index (χ0v) is 18.3. The number of aromatic amines is 3. The van der Waals surface area contributed by atoms with Crippen LogP contribution >= 0.6 is 0 Å². The molecular formula is C25H15F3N6O2. The second kappa shape index (κ2) is 8.08. The van der Waals surface area contributed by atoms with Crippen LogP contribution in [0.15, 0.2) is 66.1 Å². The Bertz CT molecular complexity index is 1830. The molecule has 8 nitrogen and oxygen atoms in total. The lowest BCUT2D eigenvalue weighted by Gasteiger charge is -2.05. The van der Waals surface area contributed by atoms with Crippen molar-refractivity contribution in [1.82, 2.24) is 29.5 Å². The van der Waals surface area contributed by atoms with Gasteiger partial charge in [0.1, 0.15) is 28.8 Å². The van der Waals surface area contributed by atoms with Gasteiger partial charge >= 0.3 is 0 Å². The van der Waals surface area contributed by atoms with Gasteiger partial charge in [0.25, 0.3) is 5.56 Å². The highest BCUT2D eigenvalue weighted by Crippen LogP contribution is 2.24. The van der Waals surface area contributed by atoms with E-state index >= 15 is 0 Å². The summed E-state index contributed by atoms with van der Waals surface area (Å²) in [6, 6.07) is 6.18. The lowest BCUT2D eigenvalue weighted by Crippen LogP contribution is -2.20. The molecule has 0 aliphatic carbocycles. The number of hydrogen-bond acceptors (Lipinski definition) is 4. The maximum Gasteiger partial charge on any atom is 0.275 e. The molecule has 0 saturated heterocycles. The van der Waals surface area contributed by atoms with Crippen LogP contribution in [0.5, 0.6) is 0 Å². The fraction of sp³-hybridized carbons (Fsp3) is 0.0400. The molecule has 3 N–H and O–H groups in total. The van der Waals surface area contributed by atoms with Gasteiger partial charge in [-0.25, -0.2) is 23.1 Å². The number of aromatic nitrogens is 6. The quantitative estimate of drug-likeness (QED) is 0.314. The van der Waals surface area contributed by atoms with Crippen molar-refractivity contribution < 1.29 is 18.0 Å². The average molecular weight is 488 g/mol. The van der Waals surface area contributed by atoms with Crippen LogP contribution < -0.4 is 5.56 Å². The maximum atomic E-state index is 14.1. The Balaban J connectivity index is 1.34. The van der Waals surface area contributed by atoms with E-state index in [9.17, 15) is 22.8 Å². The fourth-order valence-corrected chi connectivity index (χ4v) is 4.21. The third-order valence-electron chi connectivity index (χ3n) is 5.93. The van der Waals surface area contributed by atoms with Gasteiger partial charge < -0.3 is 19.5 Å². The zero-order valence-electron chi connectivity index (χ0n) is 18.3. The molecular weight excluding hydrogens is 473 g/mol. The molecule has 6 rings (SSSR count). The number of carbonyl (C=O) groups excluding carboxylic acids is 1. The number of halogens is 3. The number of H-pyrrole nitrogens is 3. The Labute approximate surface area is 199 Å². The first kappa shape index (κ1) is 21.6. The van der Waals surface area contributed by atoms with Gasteiger partial charge in [0.2, 0.25) is 5.78 Å². The van der Waals surface area contributed by atoms with E-state index in [0.717, 1.165) is 11.1 Å². The maximum absolute atomic E-state index is 14.1. The number of imidazole rings is 1. The number of ketones is 1. The van der Waals surface area contributed by atoms with Crippen molar-refractivity contribution in [2.45, 2.75) is 6.54 Å². The minimum atomic E-state index is -1.32. The lowest BCUT2D eigenvalue weighted by atomic mass is 10.0. The minimum absolute atomic E-state index is 0.0766. The van der Waals surface area contributed by atoms with Crippen LogP contribution in [0.3, 0.4) is 0 Å². The van der Waals surface area contributed by atoms with Crippen LogP contribution in [0.25, 0.3) is 33.2 Å². The molecule has 0 spiro atoms. The highest BCUT2D eigenvalue weighted by Gasteiger charge is 2.24. The Kier molecular flexibility index (Phi) is 4.85. The van der Waals surface area contributed by atoms with Gasteiger partial charge in [-0.15, -0.1) is 0 Å². The lowest BCUT2D eigenvalue weighted by molar-refractivity contribution is 0.103. The number of carbonyl (C=O) groups is 1. The summed E-state index contributed by atoms with van der Waals surface area (Å²) in [7, 11) is 0. The molecule has 0 radical (unpaired) electrons. The molecule has 11 heteroatoms.